The smallest absolute Gasteiger partial charge is 0.326 e. The van der Waals surface area contributed by atoms with Gasteiger partial charge in [-0.25, -0.2) is 4.79 Å². The van der Waals surface area contributed by atoms with Gasteiger partial charge in [0.15, 0.2) is 0 Å². The first kappa shape index (κ1) is 20.4. The van der Waals surface area contributed by atoms with Crippen molar-refractivity contribution < 1.29 is 9.57 Å². The Bertz CT molecular complexity index is 1380. The van der Waals surface area contributed by atoms with Gasteiger partial charge in [-0.05, 0) is 32.1 Å². The molecule has 0 saturated carbocycles. The van der Waals surface area contributed by atoms with E-state index < -0.39 is 0 Å². The second kappa shape index (κ2) is 7.56. The molecular formula is C24H27N5O3. The molecule has 2 aliphatic rings. The van der Waals surface area contributed by atoms with E-state index in [9.17, 15) is 4.79 Å². The van der Waals surface area contributed by atoms with Crippen molar-refractivity contribution in [3.8, 4) is 5.75 Å². The maximum atomic E-state index is 12.9. The standard InChI is InChI=1S/C24H27N5O3/c1-14-22(15(2)32-28(14)4)18-10-19-17(11-21(18)31-5)23-20(12-25-19)26-24(30)29(23)13-16-8-6-7-9-27(16)3/h6-8,10-12,14H,9,13H2,1-5H3,(H,26,30). The lowest BCUT2D eigenvalue weighted by atomic mass is 9.96. The number of likely N-dealkylation sites (N-methyl/N-ethyl adjacent to an activating group) is 2. The van der Waals surface area contributed by atoms with E-state index in [1.807, 2.05) is 50.4 Å². The van der Waals surface area contributed by atoms with Crippen molar-refractivity contribution in [3.63, 3.8) is 0 Å². The molecule has 8 heteroatoms. The van der Waals surface area contributed by atoms with Gasteiger partial charge < -0.3 is 19.5 Å². The highest BCUT2D eigenvalue weighted by Crippen LogP contribution is 2.40. The molecular weight excluding hydrogens is 406 g/mol. The Morgan fingerprint density at radius 3 is 2.81 bits per heavy atom. The molecule has 1 N–H and O–H groups in total. The Morgan fingerprint density at radius 1 is 1.31 bits per heavy atom. The molecule has 0 aliphatic carbocycles. The first-order valence-electron chi connectivity index (χ1n) is 10.7. The third-order valence-corrected chi connectivity index (χ3v) is 6.45. The normalized spacial score (nSPS) is 19.2. The maximum Gasteiger partial charge on any atom is 0.326 e. The first-order valence-corrected chi connectivity index (χ1v) is 10.7. The zero-order chi connectivity index (χ0) is 22.6. The number of nitrogens with zero attached hydrogens (tertiary/aromatic N) is 4. The summed E-state index contributed by atoms with van der Waals surface area (Å²) in [4.78, 5) is 28.4. The van der Waals surface area contributed by atoms with Gasteiger partial charge in [-0.2, -0.15) is 0 Å². The maximum absolute atomic E-state index is 12.9. The summed E-state index contributed by atoms with van der Waals surface area (Å²) in [5, 5.41) is 2.70. The third-order valence-electron chi connectivity index (χ3n) is 6.45. The zero-order valence-corrected chi connectivity index (χ0v) is 19.0. The zero-order valence-electron chi connectivity index (χ0n) is 19.0. The first-order chi connectivity index (χ1) is 15.4. The molecule has 4 heterocycles. The number of allylic oxidation sites excluding steroid dienone is 4. The molecule has 2 aromatic heterocycles. The number of rotatable bonds is 4. The van der Waals surface area contributed by atoms with E-state index in [0.717, 1.165) is 51.3 Å². The molecule has 3 aromatic rings. The van der Waals surface area contributed by atoms with E-state index in [1.165, 1.54) is 0 Å². The Balaban J connectivity index is 1.72. The van der Waals surface area contributed by atoms with Crippen molar-refractivity contribution in [3.05, 3.63) is 64.1 Å². The highest BCUT2D eigenvalue weighted by atomic mass is 16.7. The van der Waals surface area contributed by atoms with Crippen LogP contribution in [-0.4, -0.2) is 58.3 Å². The lowest BCUT2D eigenvalue weighted by Crippen LogP contribution is -2.27. The molecule has 0 spiro atoms. The van der Waals surface area contributed by atoms with Crippen molar-refractivity contribution in [1.29, 1.82) is 0 Å². The van der Waals surface area contributed by atoms with Crippen LogP contribution in [-0.2, 0) is 11.4 Å². The van der Waals surface area contributed by atoms with Crippen molar-refractivity contribution in [1.82, 2.24) is 24.5 Å². The Morgan fingerprint density at radius 2 is 2.12 bits per heavy atom. The minimum absolute atomic E-state index is 0.0809. The van der Waals surface area contributed by atoms with E-state index in [1.54, 1.807) is 17.9 Å². The fourth-order valence-electron chi connectivity index (χ4n) is 4.61. The second-order valence-corrected chi connectivity index (χ2v) is 8.36. The molecule has 5 rings (SSSR count). The minimum atomic E-state index is -0.154. The Hall–Kier alpha value is -3.52. The summed E-state index contributed by atoms with van der Waals surface area (Å²) in [5.41, 5.74) is 5.27. The molecule has 1 atom stereocenters. The number of imidazole rings is 1. The van der Waals surface area contributed by atoms with Crippen LogP contribution >= 0.6 is 0 Å². The number of hydroxylamine groups is 2. The number of H-pyrrole nitrogens is 1. The van der Waals surface area contributed by atoms with Crippen LogP contribution in [0.25, 0.3) is 27.5 Å². The molecule has 1 unspecified atom stereocenters. The number of pyridine rings is 1. The largest absolute Gasteiger partial charge is 0.496 e. The number of hydrogen-bond acceptors (Lipinski definition) is 6. The van der Waals surface area contributed by atoms with Crippen molar-refractivity contribution in [2.45, 2.75) is 26.4 Å². The molecule has 0 bridgehead atoms. The van der Waals surface area contributed by atoms with Gasteiger partial charge in [0.1, 0.15) is 11.5 Å². The number of aromatic nitrogens is 3. The van der Waals surface area contributed by atoms with Gasteiger partial charge in [-0.1, -0.05) is 12.2 Å². The Kier molecular flexibility index (Phi) is 4.82. The van der Waals surface area contributed by atoms with Crippen LogP contribution < -0.4 is 10.4 Å². The molecule has 8 nitrogen and oxygen atoms in total. The highest BCUT2D eigenvalue weighted by molar-refractivity contribution is 6.04. The number of ether oxygens (including phenoxy) is 1. The molecule has 0 amide bonds. The fraction of sp³-hybridized carbons (Fsp3) is 0.333. The van der Waals surface area contributed by atoms with Gasteiger partial charge >= 0.3 is 5.69 Å². The topological polar surface area (TPSA) is 75.6 Å². The van der Waals surface area contributed by atoms with Crippen LogP contribution in [0.3, 0.4) is 0 Å². The molecule has 1 aromatic carbocycles. The number of fused-ring (bicyclic) bond motifs is 3. The summed E-state index contributed by atoms with van der Waals surface area (Å²) in [6.45, 7) is 5.36. The summed E-state index contributed by atoms with van der Waals surface area (Å²) < 4.78 is 7.58. The van der Waals surface area contributed by atoms with Crippen LogP contribution in [0.5, 0.6) is 5.75 Å². The molecule has 0 fully saturated rings. The van der Waals surface area contributed by atoms with Crippen molar-refractivity contribution in [2.24, 2.45) is 0 Å². The molecule has 166 valence electrons. The predicted molar refractivity (Wildman–Crippen MR) is 125 cm³/mol. The lowest BCUT2D eigenvalue weighted by molar-refractivity contribution is -0.0883. The van der Waals surface area contributed by atoms with E-state index in [-0.39, 0.29) is 11.7 Å². The van der Waals surface area contributed by atoms with E-state index in [2.05, 4.69) is 27.9 Å². The van der Waals surface area contributed by atoms with E-state index >= 15 is 0 Å². The molecule has 0 radical (unpaired) electrons. The quantitative estimate of drug-likeness (QED) is 0.681. The third kappa shape index (κ3) is 3.10. The van der Waals surface area contributed by atoms with Gasteiger partial charge in [-0.15, -0.1) is 5.06 Å². The summed E-state index contributed by atoms with van der Waals surface area (Å²) in [6, 6.07) is 4.09. The summed E-state index contributed by atoms with van der Waals surface area (Å²) in [5.74, 6) is 1.57. The number of benzene rings is 1. The summed E-state index contributed by atoms with van der Waals surface area (Å²) in [6.07, 6.45) is 7.90. The van der Waals surface area contributed by atoms with Crippen LogP contribution in [0.4, 0.5) is 0 Å². The van der Waals surface area contributed by atoms with Gasteiger partial charge in [0.05, 0.1) is 42.4 Å². The monoisotopic (exact) mass is 433 g/mol. The van der Waals surface area contributed by atoms with Gasteiger partial charge in [-0.3, -0.25) is 9.55 Å². The molecule has 2 aliphatic heterocycles. The SMILES string of the molecule is COc1cc2c(cc1C1=C(C)ON(C)C1C)ncc1[nH]c(=O)n(CC3=CC=CCN3C)c12. The van der Waals surface area contributed by atoms with Gasteiger partial charge in [0, 0.05) is 42.9 Å². The average Bonchev–Trinajstić information content (AvgIpc) is 3.23. The van der Waals surface area contributed by atoms with Crippen molar-refractivity contribution in [2.75, 3.05) is 27.7 Å². The predicted octanol–water partition coefficient (Wildman–Crippen LogP) is 3.27. The average molecular weight is 434 g/mol. The second-order valence-electron chi connectivity index (χ2n) is 8.36. The van der Waals surface area contributed by atoms with E-state index in [4.69, 9.17) is 9.57 Å². The number of methoxy groups -OCH3 is 1. The van der Waals surface area contributed by atoms with Crippen molar-refractivity contribution >= 4 is 27.5 Å². The molecule has 0 saturated heterocycles. The summed E-state index contributed by atoms with van der Waals surface area (Å²) in [7, 11) is 5.61. The number of nitrogens with one attached hydrogen (secondary N) is 1. The summed E-state index contributed by atoms with van der Waals surface area (Å²) >= 11 is 0. The van der Waals surface area contributed by atoms with Gasteiger partial charge in [0.25, 0.3) is 0 Å². The number of hydrogen-bond donors (Lipinski definition) is 1. The van der Waals surface area contributed by atoms with Gasteiger partial charge in [0.2, 0.25) is 0 Å². The van der Waals surface area contributed by atoms with E-state index in [0.29, 0.717) is 12.1 Å². The minimum Gasteiger partial charge on any atom is -0.496 e. The van der Waals surface area contributed by atoms with Crippen LogP contribution in [0.2, 0.25) is 0 Å². The van der Waals surface area contributed by atoms with Crippen LogP contribution in [0, 0.1) is 0 Å². The lowest BCUT2D eigenvalue weighted by Gasteiger charge is -2.24. The van der Waals surface area contributed by atoms with Crippen LogP contribution in [0.1, 0.15) is 19.4 Å². The highest BCUT2D eigenvalue weighted by Gasteiger charge is 2.30. The molecule has 32 heavy (non-hydrogen) atoms. The fourth-order valence-corrected chi connectivity index (χ4v) is 4.61. The van der Waals surface area contributed by atoms with Crippen LogP contribution in [0.15, 0.2) is 52.8 Å². The Labute approximate surface area is 186 Å². The number of aromatic amines is 1.